The summed E-state index contributed by atoms with van der Waals surface area (Å²) in [5.41, 5.74) is 1.39. The third-order valence-electron chi connectivity index (χ3n) is 2.27. The molecule has 0 aromatic heterocycles. The fourth-order valence-electron chi connectivity index (χ4n) is 1.48. The smallest absolute Gasteiger partial charge is 0.123 e. The topological polar surface area (TPSA) is 32.3 Å². The van der Waals surface area contributed by atoms with Crippen LogP contribution < -0.4 is 5.32 Å². The van der Waals surface area contributed by atoms with Crippen molar-refractivity contribution in [1.29, 1.82) is 0 Å². The van der Waals surface area contributed by atoms with Gasteiger partial charge in [-0.2, -0.15) is 0 Å². The van der Waals surface area contributed by atoms with Crippen LogP contribution in [0.3, 0.4) is 0 Å². The van der Waals surface area contributed by atoms with E-state index in [1.807, 2.05) is 27.7 Å². The van der Waals surface area contributed by atoms with Crippen LogP contribution in [0, 0.1) is 12.7 Å². The van der Waals surface area contributed by atoms with E-state index in [2.05, 4.69) is 5.32 Å². The Morgan fingerprint density at radius 1 is 1.31 bits per heavy atom. The summed E-state index contributed by atoms with van der Waals surface area (Å²) in [5.74, 6) is -0.301. The SMILES string of the molecule is Cc1cc(F)cc(C(O)CNC(C)(C)C)c1. The molecule has 2 N–H and O–H groups in total. The van der Waals surface area contributed by atoms with Crippen LogP contribution in [-0.4, -0.2) is 17.2 Å². The minimum Gasteiger partial charge on any atom is -0.387 e. The molecule has 0 saturated heterocycles. The Kier molecular flexibility index (Phi) is 4.05. The van der Waals surface area contributed by atoms with Crippen molar-refractivity contribution in [2.45, 2.75) is 39.3 Å². The predicted octanol–water partition coefficient (Wildman–Crippen LogP) is 2.56. The highest BCUT2D eigenvalue weighted by molar-refractivity contribution is 5.25. The summed E-state index contributed by atoms with van der Waals surface area (Å²) in [7, 11) is 0. The highest BCUT2D eigenvalue weighted by Gasteiger charge is 2.14. The molecule has 1 rings (SSSR count). The van der Waals surface area contributed by atoms with E-state index in [9.17, 15) is 9.50 Å². The Balaban J connectivity index is 2.69. The number of benzene rings is 1. The van der Waals surface area contributed by atoms with Crippen LogP contribution >= 0.6 is 0 Å². The Bertz CT molecular complexity index is 337. The lowest BCUT2D eigenvalue weighted by molar-refractivity contribution is 0.163. The first-order valence-electron chi connectivity index (χ1n) is 5.48. The van der Waals surface area contributed by atoms with Crippen LogP contribution in [0.15, 0.2) is 18.2 Å². The van der Waals surface area contributed by atoms with E-state index in [0.717, 1.165) is 5.56 Å². The van der Waals surface area contributed by atoms with Crippen LogP contribution in [0.1, 0.15) is 38.0 Å². The average Bonchev–Trinajstić information content (AvgIpc) is 2.11. The predicted molar refractivity (Wildman–Crippen MR) is 63.9 cm³/mol. The van der Waals surface area contributed by atoms with Crippen molar-refractivity contribution in [3.63, 3.8) is 0 Å². The highest BCUT2D eigenvalue weighted by atomic mass is 19.1. The number of aliphatic hydroxyl groups excluding tert-OH is 1. The molecule has 1 unspecified atom stereocenters. The van der Waals surface area contributed by atoms with Gasteiger partial charge in [0.1, 0.15) is 5.82 Å². The zero-order valence-electron chi connectivity index (χ0n) is 10.3. The van der Waals surface area contributed by atoms with Crippen molar-refractivity contribution < 1.29 is 9.50 Å². The van der Waals surface area contributed by atoms with Gasteiger partial charge in [0.15, 0.2) is 0 Å². The van der Waals surface area contributed by atoms with Crippen LogP contribution in [0.4, 0.5) is 4.39 Å². The van der Waals surface area contributed by atoms with Crippen molar-refractivity contribution in [3.8, 4) is 0 Å². The first-order valence-corrected chi connectivity index (χ1v) is 5.48. The standard InChI is InChI=1S/C13H20FNO/c1-9-5-10(7-11(14)6-9)12(16)8-15-13(2,3)4/h5-7,12,15-16H,8H2,1-4H3. The van der Waals surface area contributed by atoms with Gasteiger partial charge < -0.3 is 10.4 Å². The maximum Gasteiger partial charge on any atom is 0.123 e. The molecule has 0 aliphatic heterocycles. The maximum absolute atomic E-state index is 13.1. The number of halogens is 1. The van der Waals surface area contributed by atoms with Gasteiger partial charge in [-0.1, -0.05) is 6.07 Å². The largest absolute Gasteiger partial charge is 0.387 e. The van der Waals surface area contributed by atoms with E-state index in [-0.39, 0.29) is 11.4 Å². The molecule has 0 radical (unpaired) electrons. The second-order valence-electron chi connectivity index (χ2n) is 5.21. The van der Waals surface area contributed by atoms with Gasteiger partial charge in [0.2, 0.25) is 0 Å². The van der Waals surface area contributed by atoms with Crippen LogP contribution in [0.25, 0.3) is 0 Å². The Morgan fingerprint density at radius 2 is 1.94 bits per heavy atom. The molecule has 1 aromatic rings. The van der Waals surface area contributed by atoms with Gasteiger partial charge in [0.05, 0.1) is 6.10 Å². The molecule has 2 nitrogen and oxygen atoms in total. The number of hydrogen-bond acceptors (Lipinski definition) is 2. The molecule has 0 amide bonds. The maximum atomic E-state index is 13.1. The molecule has 0 bridgehead atoms. The molecule has 90 valence electrons. The van der Waals surface area contributed by atoms with Gasteiger partial charge in [0.25, 0.3) is 0 Å². The molecular weight excluding hydrogens is 205 g/mol. The lowest BCUT2D eigenvalue weighted by Gasteiger charge is -2.23. The number of aliphatic hydroxyl groups is 1. The summed E-state index contributed by atoms with van der Waals surface area (Å²) < 4.78 is 13.1. The molecule has 0 aliphatic rings. The molecular formula is C13H20FNO. The van der Waals surface area contributed by atoms with Gasteiger partial charge in [-0.3, -0.25) is 0 Å². The van der Waals surface area contributed by atoms with Gasteiger partial charge in [-0.25, -0.2) is 4.39 Å². The summed E-state index contributed by atoms with van der Waals surface area (Å²) in [6.45, 7) is 8.31. The Morgan fingerprint density at radius 3 is 2.44 bits per heavy atom. The molecule has 3 heteroatoms. The van der Waals surface area contributed by atoms with Gasteiger partial charge >= 0.3 is 0 Å². The van der Waals surface area contributed by atoms with E-state index in [1.165, 1.54) is 12.1 Å². The Labute approximate surface area is 96.5 Å². The van der Waals surface area contributed by atoms with Crippen LogP contribution in [0.2, 0.25) is 0 Å². The fraction of sp³-hybridized carbons (Fsp3) is 0.538. The lowest BCUT2D eigenvalue weighted by atomic mass is 10.0. The fourth-order valence-corrected chi connectivity index (χ4v) is 1.48. The average molecular weight is 225 g/mol. The quantitative estimate of drug-likeness (QED) is 0.828. The van der Waals surface area contributed by atoms with E-state index in [4.69, 9.17) is 0 Å². The minimum atomic E-state index is -0.673. The molecule has 0 saturated carbocycles. The van der Waals surface area contributed by atoms with Crippen molar-refractivity contribution in [3.05, 3.63) is 35.1 Å². The summed E-state index contributed by atoms with van der Waals surface area (Å²) in [6.07, 6.45) is -0.673. The molecule has 1 aromatic carbocycles. The van der Waals surface area contributed by atoms with Crippen molar-refractivity contribution in [1.82, 2.24) is 5.32 Å². The first kappa shape index (κ1) is 13.1. The van der Waals surface area contributed by atoms with Crippen molar-refractivity contribution >= 4 is 0 Å². The van der Waals surface area contributed by atoms with Crippen molar-refractivity contribution in [2.24, 2.45) is 0 Å². The lowest BCUT2D eigenvalue weighted by Crippen LogP contribution is -2.38. The molecule has 0 aliphatic carbocycles. The van der Waals surface area contributed by atoms with Gasteiger partial charge in [-0.15, -0.1) is 0 Å². The summed E-state index contributed by atoms with van der Waals surface area (Å²) in [6, 6.07) is 4.63. The summed E-state index contributed by atoms with van der Waals surface area (Å²) >= 11 is 0. The minimum absolute atomic E-state index is 0.0522. The van der Waals surface area contributed by atoms with Crippen molar-refractivity contribution in [2.75, 3.05) is 6.54 Å². The summed E-state index contributed by atoms with van der Waals surface area (Å²) in [5, 5.41) is 13.1. The van der Waals surface area contributed by atoms with E-state index in [0.29, 0.717) is 12.1 Å². The normalized spacial score (nSPS) is 13.9. The number of β-amino-alcohol motifs (C(OH)–C–C–N with tert-alkyl or cyclic N) is 1. The number of rotatable bonds is 3. The monoisotopic (exact) mass is 225 g/mol. The van der Waals surface area contributed by atoms with E-state index in [1.54, 1.807) is 6.07 Å². The molecule has 1 atom stereocenters. The second-order valence-corrected chi connectivity index (χ2v) is 5.21. The zero-order chi connectivity index (χ0) is 12.3. The molecule has 16 heavy (non-hydrogen) atoms. The van der Waals surface area contributed by atoms with E-state index < -0.39 is 6.10 Å². The zero-order valence-corrected chi connectivity index (χ0v) is 10.3. The number of hydrogen-bond donors (Lipinski definition) is 2. The molecule has 0 spiro atoms. The van der Waals surface area contributed by atoms with E-state index >= 15 is 0 Å². The van der Waals surface area contributed by atoms with Gasteiger partial charge in [0, 0.05) is 12.1 Å². The van der Waals surface area contributed by atoms with Crippen LogP contribution in [0.5, 0.6) is 0 Å². The third-order valence-corrected chi connectivity index (χ3v) is 2.27. The Hall–Kier alpha value is -0.930. The summed E-state index contributed by atoms with van der Waals surface area (Å²) in [4.78, 5) is 0. The highest BCUT2D eigenvalue weighted by Crippen LogP contribution is 2.16. The molecule has 0 fully saturated rings. The third kappa shape index (κ3) is 4.29. The first-order chi connectivity index (χ1) is 7.28. The van der Waals surface area contributed by atoms with Gasteiger partial charge in [-0.05, 0) is 51.0 Å². The second kappa shape index (κ2) is 4.93. The number of nitrogens with one attached hydrogen (secondary N) is 1. The molecule has 0 heterocycles. The number of aryl methyl sites for hydroxylation is 1. The van der Waals surface area contributed by atoms with Crippen LogP contribution in [-0.2, 0) is 0 Å².